The van der Waals surface area contributed by atoms with Crippen LogP contribution in [0.3, 0.4) is 0 Å². The van der Waals surface area contributed by atoms with Gasteiger partial charge in [-0.3, -0.25) is 9.89 Å². The number of oxazole rings is 1. The molecule has 2 N–H and O–H groups in total. The van der Waals surface area contributed by atoms with Gasteiger partial charge in [-0.05, 0) is 38.8 Å². The van der Waals surface area contributed by atoms with Gasteiger partial charge in [0.05, 0.1) is 24.4 Å². The van der Waals surface area contributed by atoms with Crippen LogP contribution in [0.15, 0.2) is 33.7 Å². The highest BCUT2D eigenvalue weighted by molar-refractivity contribution is 5.79. The summed E-state index contributed by atoms with van der Waals surface area (Å²) in [5.41, 5.74) is 3.46. The van der Waals surface area contributed by atoms with Gasteiger partial charge in [0.25, 0.3) is 0 Å². The lowest BCUT2D eigenvalue weighted by molar-refractivity contribution is -0.0704. The van der Waals surface area contributed by atoms with Crippen LogP contribution in [-0.4, -0.2) is 48.2 Å². The molecule has 2 heterocycles. The minimum atomic E-state index is 0.297. The topological polar surface area (TPSA) is 74.9 Å². The molecule has 2 atom stereocenters. The van der Waals surface area contributed by atoms with Crippen LogP contribution in [-0.2, 0) is 24.4 Å². The summed E-state index contributed by atoms with van der Waals surface area (Å²) in [6, 6.07) is 8.75. The first-order valence-corrected chi connectivity index (χ1v) is 10.3. The van der Waals surface area contributed by atoms with E-state index in [9.17, 15) is 0 Å². The summed E-state index contributed by atoms with van der Waals surface area (Å²) in [5, 5.41) is 6.57. The summed E-state index contributed by atoms with van der Waals surface area (Å²) in [4.78, 5) is 11.1. The molecule has 0 spiro atoms. The Morgan fingerprint density at radius 2 is 1.69 bits per heavy atom. The second kappa shape index (κ2) is 9.89. The molecular weight excluding hydrogens is 366 g/mol. The van der Waals surface area contributed by atoms with E-state index in [1.54, 1.807) is 7.05 Å². The Balaban J connectivity index is 1.46. The van der Waals surface area contributed by atoms with Gasteiger partial charge in [0.1, 0.15) is 5.76 Å². The van der Waals surface area contributed by atoms with Crippen LogP contribution in [0.4, 0.5) is 0 Å². The van der Waals surface area contributed by atoms with Crippen LogP contribution in [0, 0.1) is 13.8 Å². The van der Waals surface area contributed by atoms with Gasteiger partial charge in [-0.25, -0.2) is 4.98 Å². The summed E-state index contributed by atoms with van der Waals surface area (Å²) in [7, 11) is 1.76. The Labute approximate surface area is 173 Å². The van der Waals surface area contributed by atoms with Gasteiger partial charge >= 0.3 is 0 Å². The van der Waals surface area contributed by atoms with E-state index in [0.717, 1.165) is 37.0 Å². The van der Waals surface area contributed by atoms with Gasteiger partial charge in [0, 0.05) is 33.2 Å². The number of nitrogens with zero attached hydrogens (tertiary/aromatic N) is 3. The third kappa shape index (κ3) is 6.30. The normalized spacial score (nSPS) is 20.7. The van der Waals surface area contributed by atoms with Crippen molar-refractivity contribution in [1.82, 2.24) is 20.5 Å². The Hall–Kier alpha value is -2.38. The molecule has 1 aromatic heterocycles. The van der Waals surface area contributed by atoms with E-state index in [4.69, 9.17) is 9.15 Å². The van der Waals surface area contributed by atoms with E-state index in [1.165, 1.54) is 11.1 Å². The number of hydrogen-bond donors (Lipinski definition) is 2. The summed E-state index contributed by atoms with van der Waals surface area (Å²) < 4.78 is 11.4. The van der Waals surface area contributed by atoms with Crippen molar-refractivity contribution in [3.05, 3.63) is 52.7 Å². The summed E-state index contributed by atoms with van der Waals surface area (Å²) in [6.07, 6.45) is 0.594. The molecular formula is C22H33N5O2. The number of aryl methyl sites for hydroxylation is 2. The van der Waals surface area contributed by atoms with Crippen molar-refractivity contribution in [2.24, 2.45) is 4.99 Å². The van der Waals surface area contributed by atoms with Gasteiger partial charge in [0.15, 0.2) is 5.96 Å². The van der Waals surface area contributed by atoms with Crippen molar-refractivity contribution in [3.8, 4) is 0 Å². The fourth-order valence-corrected chi connectivity index (χ4v) is 3.61. The summed E-state index contributed by atoms with van der Waals surface area (Å²) in [6.45, 7) is 12.3. The third-order valence-electron chi connectivity index (χ3n) is 5.09. The predicted molar refractivity (Wildman–Crippen MR) is 115 cm³/mol. The molecule has 158 valence electrons. The molecule has 3 rings (SSSR count). The quantitative estimate of drug-likeness (QED) is 0.575. The zero-order valence-corrected chi connectivity index (χ0v) is 18.2. The third-order valence-corrected chi connectivity index (χ3v) is 5.09. The van der Waals surface area contributed by atoms with Crippen LogP contribution < -0.4 is 10.6 Å². The fraction of sp³-hybridized carbons (Fsp3) is 0.545. The maximum atomic E-state index is 5.82. The maximum Gasteiger partial charge on any atom is 0.214 e. The zero-order chi connectivity index (χ0) is 20.8. The molecule has 7 heteroatoms. The summed E-state index contributed by atoms with van der Waals surface area (Å²) >= 11 is 0. The minimum Gasteiger partial charge on any atom is -0.444 e. The second-order valence-electron chi connectivity index (χ2n) is 7.80. The zero-order valence-electron chi connectivity index (χ0n) is 18.2. The molecule has 1 aliphatic heterocycles. The first kappa shape index (κ1) is 21.3. The number of aliphatic imine (C=N–C) groups is 1. The minimum absolute atomic E-state index is 0.297. The SMILES string of the molecule is CN=C(NCc1ccc(CN2CC(C)OC(C)C2)cc1)NCc1nc(C)c(C)o1. The molecule has 1 aliphatic rings. The largest absolute Gasteiger partial charge is 0.444 e. The van der Waals surface area contributed by atoms with E-state index >= 15 is 0 Å². The van der Waals surface area contributed by atoms with Gasteiger partial charge in [-0.1, -0.05) is 24.3 Å². The van der Waals surface area contributed by atoms with Crippen LogP contribution in [0.5, 0.6) is 0 Å². The molecule has 2 unspecified atom stereocenters. The van der Waals surface area contributed by atoms with Crippen LogP contribution >= 0.6 is 0 Å². The van der Waals surface area contributed by atoms with Crippen molar-refractivity contribution in [1.29, 1.82) is 0 Å². The standard InChI is InChI=1S/C22H33N5O2/c1-15-12-27(13-16(2)28-15)14-20-8-6-19(7-9-20)10-24-22(23-5)25-11-21-26-17(3)18(4)29-21/h6-9,15-16H,10-14H2,1-5H3,(H2,23,24,25). The highest BCUT2D eigenvalue weighted by Crippen LogP contribution is 2.15. The molecule has 29 heavy (non-hydrogen) atoms. The molecule has 0 aliphatic carbocycles. The number of aromatic nitrogens is 1. The molecule has 0 amide bonds. The number of rotatable bonds is 6. The molecule has 1 fully saturated rings. The lowest BCUT2D eigenvalue weighted by atomic mass is 10.1. The Kier molecular flexibility index (Phi) is 7.28. The molecule has 0 saturated carbocycles. The van der Waals surface area contributed by atoms with Gasteiger partial charge in [0.2, 0.25) is 5.89 Å². The molecule has 0 radical (unpaired) electrons. The Morgan fingerprint density at radius 1 is 1.07 bits per heavy atom. The number of morpholine rings is 1. The molecule has 1 aromatic carbocycles. The highest BCUT2D eigenvalue weighted by Gasteiger charge is 2.21. The average molecular weight is 400 g/mol. The lowest BCUT2D eigenvalue weighted by Crippen LogP contribution is -2.44. The molecule has 2 aromatic rings. The van der Waals surface area contributed by atoms with Crippen molar-refractivity contribution in [2.45, 2.75) is 59.5 Å². The van der Waals surface area contributed by atoms with Crippen molar-refractivity contribution < 1.29 is 9.15 Å². The molecule has 7 nitrogen and oxygen atoms in total. The average Bonchev–Trinajstić information content (AvgIpc) is 3.00. The van der Waals surface area contributed by atoms with Crippen LogP contribution in [0.1, 0.15) is 42.3 Å². The maximum absolute atomic E-state index is 5.82. The van der Waals surface area contributed by atoms with Gasteiger partial charge < -0.3 is 19.8 Å². The number of hydrogen-bond acceptors (Lipinski definition) is 5. The monoisotopic (exact) mass is 399 g/mol. The lowest BCUT2D eigenvalue weighted by Gasteiger charge is -2.35. The van der Waals surface area contributed by atoms with Crippen LogP contribution in [0.25, 0.3) is 0 Å². The first-order valence-electron chi connectivity index (χ1n) is 10.3. The van der Waals surface area contributed by atoms with Crippen molar-refractivity contribution >= 4 is 5.96 Å². The Morgan fingerprint density at radius 3 is 2.28 bits per heavy atom. The molecule has 1 saturated heterocycles. The first-order chi connectivity index (χ1) is 13.9. The van der Waals surface area contributed by atoms with E-state index in [0.29, 0.717) is 31.2 Å². The number of guanidine groups is 1. The number of ether oxygens (including phenoxy) is 1. The van der Waals surface area contributed by atoms with Crippen molar-refractivity contribution in [3.63, 3.8) is 0 Å². The van der Waals surface area contributed by atoms with Gasteiger partial charge in [-0.2, -0.15) is 0 Å². The van der Waals surface area contributed by atoms with Crippen LogP contribution in [0.2, 0.25) is 0 Å². The van der Waals surface area contributed by atoms with Gasteiger partial charge in [-0.15, -0.1) is 0 Å². The van der Waals surface area contributed by atoms with E-state index in [-0.39, 0.29) is 0 Å². The van der Waals surface area contributed by atoms with E-state index in [2.05, 4.69) is 63.6 Å². The van der Waals surface area contributed by atoms with Crippen molar-refractivity contribution in [2.75, 3.05) is 20.1 Å². The van der Waals surface area contributed by atoms with E-state index < -0.39 is 0 Å². The second-order valence-corrected chi connectivity index (χ2v) is 7.80. The fourth-order valence-electron chi connectivity index (χ4n) is 3.61. The van der Waals surface area contributed by atoms with E-state index in [1.807, 2.05) is 13.8 Å². The smallest absolute Gasteiger partial charge is 0.214 e. The number of nitrogens with one attached hydrogen (secondary N) is 2. The molecule has 0 bridgehead atoms. The predicted octanol–water partition coefficient (Wildman–Crippen LogP) is 2.77. The summed E-state index contributed by atoms with van der Waals surface area (Å²) in [5.74, 6) is 2.24. The highest BCUT2D eigenvalue weighted by atomic mass is 16.5. The Bertz CT molecular complexity index is 786. The number of benzene rings is 1.